The van der Waals surface area contributed by atoms with Crippen LogP contribution in [0.5, 0.6) is 0 Å². The van der Waals surface area contributed by atoms with E-state index in [9.17, 15) is 4.79 Å². The standard InChI is InChI=1S/C12H11BrN2OS/c1-7-9(14)6-11(17-7)12(16)15-10-5-3-2-4-8(10)13/h2-6H,14H2,1H3,(H,15,16). The SMILES string of the molecule is Cc1sc(C(=O)Nc2ccccc2Br)cc1N. The number of para-hydroxylation sites is 1. The number of nitrogens with one attached hydrogen (secondary N) is 1. The molecule has 0 fully saturated rings. The van der Waals surface area contributed by atoms with E-state index in [2.05, 4.69) is 21.2 Å². The van der Waals surface area contributed by atoms with E-state index in [4.69, 9.17) is 5.73 Å². The highest BCUT2D eigenvalue weighted by Gasteiger charge is 2.12. The minimum atomic E-state index is -0.137. The number of nitrogen functional groups attached to an aromatic ring is 1. The molecular formula is C12H11BrN2OS. The second-order valence-corrected chi connectivity index (χ2v) is 5.67. The van der Waals surface area contributed by atoms with Crippen molar-refractivity contribution < 1.29 is 4.79 Å². The normalized spacial score (nSPS) is 10.2. The van der Waals surface area contributed by atoms with Crippen molar-refractivity contribution in [1.82, 2.24) is 0 Å². The Balaban J connectivity index is 2.20. The quantitative estimate of drug-likeness (QED) is 0.889. The van der Waals surface area contributed by atoms with E-state index in [-0.39, 0.29) is 5.91 Å². The molecule has 0 saturated heterocycles. The predicted octanol–water partition coefficient (Wildman–Crippen LogP) is 3.65. The number of nitrogens with two attached hydrogens (primary N) is 1. The van der Waals surface area contributed by atoms with Gasteiger partial charge in [-0.1, -0.05) is 12.1 Å². The van der Waals surface area contributed by atoms with Crippen LogP contribution in [-0.2, 0) is 0 Å². The minimum absolute atomic E-state index is 0.137. The van der Waals surface area contributed by atoms with Crippen LogP contribution >= 0.6 is 27.3 Å². The number of carbonyl (C=O) groups is 1. The molecule has 0 bridgehead atoms. The number of halogens is 1. The van der Waals surface area contributed by atoms with E-state index in [0.29, 0.717) is 10.6 Å². The third kappa shape index (κ3) is 2.68. The van der Waals surface area contributed by atoms with E-state index in [0.717, 1.165) is 15.0 Å². The number of amides is 1. The first-order chi connectivity index (χ1) is 8.08. The van der Waals surface area contributed by atoms with Crippen LogP contribution in [0.2, 0.25) is 0 Å². The van der Waals surface area contributed by atoms with Gasteiger partial charge in [-0.15, -0.1) is 11.3 Å². The fraction of sp³-hybridized carbons (Fsp3) is 0.0833. The molecule has 1 aromatic carbocycles. The number of anilines is 2. The molecule has 0 atom stereocenters. The summed E-state index contributed by atoms with van der Waals surface area (Å²) in [5.41, 5.74) is 7.13. The van der Waals surface area contributed by atoms with E-state index in [1.165, 1.54) is 11.3 Å². The third-order valence-electron chi connectivity index (χ3n) is 2.30. The fourth-order valence-electron chi connectivity index (χ4n) is 1.35. The van der Waals surface area contributed by atoms with Gasteiger partial charge in [0.2, 0.25) is 0 Å². The van der Waals surface area contributed by atoms with Crippen molar-refractivity contribution in [2.45, 2.75) is 6.92 Å². The lowest BCUT2D eigenvalue weighted by Gasteiger charge is -2.05. The highest BCUT2D eigenvalue weighted by atomic mass is 79.9. The van der Waals surface area contributed by atoms with E-state index < -0.39 is 0 Å². The van der Waals surface area contributed by atoms with Crippen molar-refractivity contribution in [3.8, 4) is 0 Å². The zero-order chi connectivity index (χ0) is 12.4. The second-order valence-electron chi connectivity index (χ2n) is 3.56. The number of hydrogen-bond acceptors (Lipinski definition) is 3. The summed E-state index contributed by atoms with van der Waals surface area (Å²) < 4.78 is 0.856. The van der Waals surface area contributed by atoms with Gasteiger partial charge in [0.05, 0.1) is 10.6 Å². The summed E-state index contributed by atoms with van der Waals surface area (Å²) in [5, 5.41) is 2.84. The molecule has 1 heterocycles. The molecule has 3 N–H and O–H groups in total. The maximum absolute atomic E-state index is 12.0. The average molecular weight is 311 g/mol. The minimum Gasteiger partial charge on any atom is -0.398 e. The molecule has 1 aromatic heterocycles. The number of aryl methyl sites for hydroxylation is 1. The maximum atomic E-state index is 12.0. The van der Waals surface area contributed by atoms with Crippen LogP contribution in [0.1, 0.15) is 14.5 Å². The van der Waals surface area contributed by atoms with Gasteiger partial charge in [0, 0.05) is 15.0 Å². The Kier molecular flexibility index (Phi) is 3.49. The molecule has 2 aromatic rings. The molecule has 88 valence electrons. The van der Waals surface area contributed by atoms with Crippen LogP contribution in [-0.4, -0.2) is 5.91 Å². The molecule has 2 rings (SSSR count). The van der Waals surface area contributed by atoms with Crippen LogP contribution in [0.4, 0.5) is 11.4 Å². The van der Waals surface area contributed by atoms with Crippen molar-refractivity contribution in [1.29, 1.82) is 0 Å². The Labute approximate surface area is 112 Å². The summed E-state index contributed by atoms with van der Waals surface area (Å²) in [4.78, 5) is 13.5. The van der Waals surface area contributed by atoms with Gasteiger partial charge in [-0.05, 0) is 41.1 Å². The number of rotatable bonds is 2. The van der Waals surface area contributed by atoms with Crippen molar-refractivity contribution in [2.75, 3.05) is 11.1 Å². The van der Waals surface area contributed by atoms with Gasteiger partial charge in [-0.25, -0.2) is 0 Å². The van der Waals surface area contributed by atoms with E-state index in [1.807, 2.05) is 31.2 Å². The molecule has 17 heavy (non-hydrogen) atoms. The molecule has 3 nitrogen and oxygen atoms in total. The monoisotopic (exact) mass is 310 g/mol. The van der Waals surface area contributed by atoms with Crippen LogP contribution < -0.4 is 11.1 Å². The number of carbonyl (C=O) groups excluding carboxylic acids is 1. The van der Waals surface area contributed by atoms with Gasteiger partial charge in [-0.2, -0.15) is 0 Å². The van der Waals surface area contributed by atoms with Crippen molar-refractivity contribution in [2.24, 2.45) is 0 Å². The largest absolute Gasteiger partial charge is 0.398 e. The predicted molar refractivity (Wildman–Crippen MR) is 75.6 cm³/mol. The highest BCUT2D eigenvalue weighted by Crippen LogP contribution is 2.26. The number of hydrogen-bond donors (Lipinski definition) is 2. The lowest BCUT2D eigenvalue weighted by molar-refractivity contribution is 0.103. The van der Waals surface area contributed by atoms with Crippen molar-refractivity contribution in [3.05, 3.63) is 44.6 Å². The molecule has 0 unspecified atom stereocenters. The summed E-state index contributed by atoms with van der Waals surface area (Å²) in [7, 11) is 0. The molecule has 0 radical (unpaired) electrons. The van der Waals surface area contributed by atoms with Crippen LogP contribution in [0.25, 0.3) is 0 Å². The van der Waals surface area contributed by atoms with Gasteiger partial charge in [-0.3, -0.25) is 4.79 Å². The van der Waals surface area contributed by atoms with Gasteiger partial charge in [0.15, 0.2) is 0 Å². The molecule has 0 aliphatic rings. The first kappa shape index (κ1) is 12.1. The van der Waals surface area contributed by atoms with Gasteiger partial charge >= 0.3 is 0 Å². The summed E-state index contributed by atoms with van der Waals surface area (Å²) >= 11 is 4.78. The molecule has 0 aliphatic carbocycles. The Morgan fingerprint density at radius 1 is 1.41 bits per heavy atom. The molecule has 0 aliphatic heterocycles. The Bertz CT molecular complexity index is 546. The van der Waals surface area contributed by atoms with Crippen LogP contribution in [0, 0.1) is 6.92 Å². The first-order valence-corrected chi connectivity index (χ1v) is 6.60. The average Bonchev–Trinajstić information content (AvgIpc) is 2.63. The molecule has 0 spiro atoms. The maximum Gasteiger partial charge on any atom is 0.265 e. The summed E-state index contributed by atoms with van der Waals surface area (Å²) in [6.07, 6.45) is 0. The molecule has 0 saturated carbocycles. The highest BCUT2D eigenvalue weighted by molar-refractivity contribution is 9.10. The lowest BCUT2D eigenvalue weighted by Crippen LogP contribution is -2.10. The molecule has 1 amide bonds. The Hall–Kier alpha value is -1.33. The number of thiophene rings is 1. The van der Waals surface area contributed by atoms with Gasteiger partial charge in [0.1, 0.15) is 0 Å². The lowest BCUT2D eigenvalue weighted by atomic mass is 10.3. The number of benzene rings is 1. The van der Waals surface area contributed by atoms with Crippen LogP contribution in [0.3, 0.4) is 0 Å². The Morgan fingerprint density at radius 2 is 2.12 bits per heavy atom. The smallest absolute Gasteiger partial charge is 0.265 e. The van der Waals surface area contributed by atoms with E-state index >= 15 is 0 Å². The molecule has 5 heteroatoms. The summed E-state index contributed by atoms with van der Waals surface area (Å²) in [6.45, 7) is 1.90. The Morgan fingerprint density at radius 3 is 2.71 bits per heavy atom. The zero-order valence-corrected chi connectivity index (χ0v) is 11.6. The third-order valence-corrected chi connectivity index (χ3v) is 4.06. The molecular weight excluding hydrogens is 300 g/mol. The fourth-order valence-corrected chi connectivity index (χ4v) is 2.57. The summed E-state index contributed by atoms with van der Waals surface area (Å²) in [5.74, 6) is -0.137. The van der Waals surface area contributed by atoms with Gasteiger partial charge < -0.3 is 11.1 Å². The van der Waals surface area contributed by atoms with Crippen molar-refractivity contribution >= 4 is 44.5 Å². The zero-order valence-electron chi connectivity index (χ0n) is 9.16. The van der Waals surface area contributed by atoms with Crippen LogP contribution in [0.15, 0.2) is 34.8 Å². The summed E-state index contributed by atoms with van der Waals surface area (Å²) in [6, 6.07) is 9.18. The van der Waals surface area contributed by atoms with E-state index in [1.54, 1.807) is 6.07 Å². The van der Waals surface area contributed by atoms with Gasteiger partial charge in [0.25, 0.3) is 5.91 Å². The first-order valence-electron chi connectivity index (χ1n) is 4.99. The topological polar surface area (TPSA) is 55.1 Å². The second kappa shape index (κ2) is 4.89. The van der Waals surface area contributed by atoms with Crippen molar-refractivity contribution in [3.63, 3.8) is 0 Å².